The van der Waals surface area contributed by atoms with Crippen LogP contribution in [0.15, 0.2) is 30.6 Å². The largest absolute Gasteiger partial charge is 0.378 e. The van der Waals surface area contributed by atoms with Gasteiger partial charge >= 0.3 is 0 Å². The van der Waals surface area contributed by atoms with Crippen LogP contribution in [0.2, 0.25) is 0 Å². The second-order valence-electron chi connectivity index (χ2n) is 6.66. The highest BCUT2D eigenvalue weighted by molar-refractivity contribution is 5.53. The first kappa shape index (κ1) is 15.6. The van der Waals surface area contributed by atoms with Gasteiger partial charge in [0.1, 0.15) is 12.2 Å². The molecule has 0 saturated carbocycles. The number of aryl methyl sites for hydroxylation is 1. The number of rotatable bonds is 5. The Balaban J connectivity index is 1.33. The van der Waals surface area contributed by atoms with Gasteiger partial charge in [-0.2, -0.15) is 0 Å². The number of aromatic nitrogens is 3. The maximum Gasteiger partial charge on any atom is 0.132 e. The van der Waals surface area contributed by atoms with Gasteiger partial charge in [-0.25, -0.2) is 0 Å². The highest BCUT2D eigenvalue weighted by Crippen LogP contribution is 2.22. The minimum atomic E-state index is 0.657. The minimum Gasteiger partial charge on any atom is -0.378 e. The van der Waals surface area contributed by atoms with Gasteiger partial charge in [-0.05, 0) is 30.5 Å². The first-order valence-electron chi connectivity index (χ1n) is 8.88. The molecule has 4 rings (SSSR count). The average molecular weight is 327 g/mol. The van der Waals surface area contributed by atoms with Gasteiger partial charge < -0.3 is 19.5 Å². The summed E-state index contributed by atoms with van der Waals surface area (Å²) >= 11 is 0. The second-order valence-corrected chi connectivity index (χ2v) is 6.66. The van der Waals surface area contributed by atoms with E-state index in [1.807, 2.05) is 6.33 Å². The molecular formula is C18H25N5O. The second kappa shape index (κ2) is 7.32. The summed E-state index contributed by atoms with van der Waals surface area (Å²) in [5.74, 6) is 1.79. The van der Waals surface area contributed by atoms with Crippen LogP contribution in [0.1, 0.15) is 17.8 Å². The van der Waals surface area contributed by atoms with Gasteiger partial charge in [-0.3, -0.25) is 0 Å². The summed E-state index contributed by atoms with van der Waals surface area (Å²) in [6.45, 7) is 6.59. The number of ether oxygens (including phenoxy) is 1. The summed E-state index contributed by atoms with van der Waals surface area (Å²) in [5.41, 5.74) is 2.72. The van der Waals surface area contributed by atoms with Crippen molar-refractivity contribution < 1.29 is 4.74 Å². The van der Waals surface area contributed by atoms with Crippen molar-refractivity contribution in [3.8, 4) is 0 Å². The lowest BCUT2D eigenvalue weighted by atomic mass is 9.99. The van der Waals surface area contributed by atoms with Gasteiger partial charge in [0.2, 0.25) is 0 Å². The molecule has 3 heterocycles. The van der Waals surface area contributed by atoms with E-state index in [2.05, 4.69) is 49.2 Å². The third kappa shape index (κ3) is 3.44. The molecule has 128 valence electrons. The zero-order valence-corrected chi connectivity index (χ0v) is 14.0. The summed E-state index contributed by atoms with van der Waals surface area (Å²) < 4.78 is 7.67. The molecule has 1 N–H and O–H groups in total. The standard InChI is InChI=1S/C18H25N5O/c1-2-4-17(22-7-9-24-10-8-22)16(3-1)12-19-11-15-5-6-18-21-20-14-23(18)13-15/h1-4,14-15,19H,5-13H2/t15-/m1/s1. The molecule has 0 amide bonds. The Bertz CT molecular complexity index is 665. The molecule has 1 atom stereocenters. The zero-order chi connectivity index (χ0) is 16.2. The SMILES string of the molecule is c1ccc(N2CCOCC2)c(CNC[C@H]2CCc3nncn3C2)c1. The number of fused-ring (bicyclic) bond motifs is 1. The summed E-state index contributed by atoms with van der Waals surface area (Å²) in [4.78, 5) is 2.44. The molecule has 0 unspecified atom stereocenters. The third-order valence-corrected chi connectivity index (χ3v) is 5.02. The van der Waals surface area contributed by atoms with Gasteiger partial charge in [0, 0.05) is 38.3 Å². The molecule has 1 saturated heterocycles. The Kier molecular flexibility index (Phi) is 4.76. The first-order valence-corrected chi connectivity index (χ1v) is 8.88. The van der Waals surface area contributed by atoms with Gasteiger partial charge in [0.25, 0.3) is 0 Å². The Labute approximate surface area is 142 Å². The predicted molar refractivity (Wildman–Crippen MR) is 93.0 cm³/mol. The van der Waals surface area contributed by atoms with E-state index in [0.29, 0.717) is 5.92 Å². The number of nitrogens with one attached hydrogen (secondary N) is 1. The lowest BCUT2D eigenvalue weighted by Crippen LogP contribution is -2.37. The van der Waals surface area contributed by atoms with Gasteiger partial charge in [-0.1, -0.05) is 18.2 Å². The number of hydrogen-bond donors (Lipinski definition) is 1. The fourth-order valence-electron chi connectivity index (χ4n) is 3.68. The van der Waals surface area contributed by atoms with E-state index in [4.69, 9.17) is 4.74 Å². The van der Waals surface area contributed by atoms with Crippen LogP contribution in [0.5, 0.6) is 0 Å². The quantitative estimate of drug-likeness (QED) is 0.901. The summed E-state index contributed by atoms with van der Waals surface area (Å²) in [7, 11) is 0. The molecule has 6 nitrogen and oxygen atoms in total. The molecule has 1 aromatic carbocycles. The highest BCUT2D eigenvalue weighted by atomic mass is 16.5. The lowest BCUT2D eigenvalue weighted by molar-refractivity contribution is 0.122. The molecule has 2 aliphatic heterocycles. The molecule has 0 spiro atoms. The fraction of sp³-hybridized carbons (Fsp3) is 0.556. The van der Waals surface area contributed by atoms with Gasteiger partial charge in [0.15, 0.2) is 0 Å². The van der Waals surface area contributed by atoms with E-state index in [9.17, 15) is 0 Å². The van der Waals surface area contributed by atoms with E-state index >= 15 is 0 Å². The summed E-state index contributed by atoms with van der Waals surface area (Å²) in [6, 6.07) is 8.72. The Morgan fingerprint density at radius 3 is 3.00 bits per heavy atom. The number of anilines is 1. The Hall–Kier alpha value is -1.92. The fourth-order valence-corrected chi connectivity index (χ4v) is 3.68. The van der Waals surface area contributed by atoms with Crippen molar-refractivity contribution in [2.75, 3.05) is 37.7 Å². The maximum absolute atomic E-state index is 5.47. The number of hydrogen-bond acceptors (Lipinski definition) is 5. The summed E-state index contributed by atoms with van der Waals surface area (Å²) in [6.07, 6.45) is 4.09. The Morgan fingerprint density at radius 1 is 1.21 bits per heavy atom. The van der Waals surface area contributed by atoms with Crippen molar-refractivity contribution >= 4 is 5.69 Å². The molecule has 2 aliphatic rings. The molecule has 24 heavy (non-hydrogen) atoms. The highest BCUT2D eigenvalue weighted by Gasteiger charge is 2.19. The van der Waals surface area contributed by atoms with E-state index < -0.39 is 0 Å². The lowest BCUT2D eigenvalue weighted by Gasteiger charge is -2.31. The number of para-hydroxylation sites is 1. The number of nitrogens with zero attached hydrogens (tertiary/aromatic N) is 4. The van der Waals surface area contributed by atoms with Gasteiger partial charge in [-0.15, -0.1) is 10.2 Å². The first-order chi connectivity index (χ1) is 11.9. The van der Waals surface area contributed by atoms with Crippen LogP contribution in [-0.4, -0.2) is 47.6 Å². The van der Waals surface area contributed by atoms with E-state index in [1.54, 1.807) is 0 Å². The van der Waals surface area contributed by atoms with Crippen molar-refractivity contribution in [2.45, 2.75) is 25.9 Å². The van der Waals surface area contributed by atoms with Crippen LogP contribution in [-0.2, 0) is 24.2 Å². The molecule has 1 fully saturated rings. The van der Waals surface area contributed by atoms with Crippen LogP contribution < -0.4 is 10.2 Å². The summed E-state index contributed by atoms with van der Waals surface area (Å²) in [5, 5.41) is 11.8. The average Bonchev–Trinajstić information content (AvgIpc) is 3.11. The van der Waals surface area contributed by atoms with E-state index in [-0.39, 0.29) is 0 Å². The molecular weight excluding hydrogens is 302 g/mol. The van der Waals surface area contributed by atoms with Crippen molar-refractivity contribution in [3.63, 3.8) is 0 Å². The monoisotopic (exact) mass is 327 g/mol. The third-order valence-electron chi connectivity index (χ3n) is 5.02. The van der Waals surface area contributed by atoms with Crippen LogP contribution >= 0.6 is 0 Å². The van der Waals surface area contributed by atoms with Crippen molar-refractivity contribution in [3.05, 3.63) is 42.0 Å². The van der Waals surface area contributed by atoms with E-state index in [1.165, 1.54) is 17.7 Å². The minimum absolute atomic E-state index is 0.657. The Morgan fingerprint density at radius 2 is 2.08 bits per heavy atom. The topological polar surface area (TPSA) is 55.2 Å². The van der Waals surface area contributed by atoms with Crippen LogP contribution in [0.25, 0.3) is 0 Å². The molecule has 0 bridgehead atoms. The molecule has 1 aromatic heterocycles. The molecule has 2 aromatic rings. The number of benzene rings is 1. The normalized spacial score (nSPS) is 20.8. The smallest absolute Gasteiger partial charge is 0.132 e. The van der Waals surface area contributed by atoms with Crippen molar-refractivity contribution in [1.29, 1.82) is 0 Å². The van der Waals surface area contributed by atoms with Crippen LogP contribution in [0.3, 0.4) is 0 Å². The van der Waals surface area contributed by atoms with Gasteiger partial charge in [0.05, 0.1) is 13.2 Å². The maximum atomic E-state index is 5.47. The molecule has 6 heteroatoms. The van der Waals surface area contributed by atoms with Crippen molar-refractivity contribution in [1.82, 2.24) is 20.1 Å². The van der Waals surface area contributed by atoms with Crippen LogP contribution in [0.4, 0.5) is 5.69 Å². The zero-order valence-electron chi connectivity index (χ0n) is 14.0. The molecule has 0 radical (unpaired) electrons. The van der Waals surface area contributed by atoms with Crippen LogP contribution in [0, 0.1) is 5.92 Å². The predicted octanol–water partition coefficient (Wildman–Crippen LogP) is 1.47. The van der Waals surface area contributed by atoms with E-state index in [0.717, 1.165) is 58.2 Å². The molecule has 0 aliphatic carbocycles. The number of morpholine rings is 1. The van der Waals surface area contributed by atoms with Crippen molar-refractivity contribution in [2.24, 2.45) is 5.92 Å².